The highest BCUT2D eigenvalue weighted by atomic mass is 32.2. The molecule has 1 N–H and O–H groups in total. The molecule has 1 atom stereocenters. The molecule has 0 spiro atoms. The molecule has 0 aromatic heterocycles. The molecule has 110 valence electrons. The van der Waals surface area contributed by atoms with E-state index >= 15 is 0 Å². The topological polar surface area (TPSA) is 75.5 Å². The van der Waals surface area contributed by atoms with Gasteiger partial charge in [0.15, 0.2) is 0 Å². The number of urea groups is 1. The average Bonchev–Trinajstić information content (AvgIpc) is 2.40. The quantitative estimate of drug-likeness (QED) is 0.669. The summed E-state index contributed by atoms with van der Waals surface area (Å²) in [6.45, 7) is 3.75. The molecule has 0 saturated heterocycles. The molecule has 0 saturated carbocycles. The maximum absolute atomic E-state index is 12.1. The third-order valence-electron chi connectivity index (χ3n) is 3.06. The molecule has 0 bridgehead atoms. The zero-order chi connectivity index (χ0) is 15.3. The molecule has 2 amide bonds. The highest BCUT2D eigenvalue weighted by Gasteiger charge is 2.17. The number of aryl methyl sites for hydroxylation is 1. The first-order valence-electron chi connectivity index (χ1n) is 6.14. The molecule has 0 heterocycles. The molecule has 1 aromatic carbocycles. The van der Waals surface area contributed by atoms with E-state index in [1.54, 1.807) is 36.7 Å². The number of carbonyl (C=O) groups is 1. The lowest BCUT2D eigenvalue weighted by Crippen LogP contribution is -2.39. The number of nitro benzene ring substituents is 1. The molecular weight excluding hydrogens is 278 g/mol. The summed E-state index contributed by atoms with van der Waals surface area (Å²) in [6, 6.07) is 4.24. The third-order valence-corrected chi connectivity index (χ3v) is 3.88. The Kier molecular flexibility index (Phi) is 5.82. The highest BCUT2D eigenvalue weighted by molar-refractivity contribution is 7.98. The fraction of sp³-hybridized carbons (Fsp3) is 0.462. The number of amides is 2. The fourth-order valence-electron chi connectivity index (χ4n) is 1.61. The van der Waals surface area contributed by atoms with Gasteiger partial charge in [0.25, 0.3) is 5.69 Å². The predicted octanol–water partition coefficient (Wildman–Crippen LogP) is 3.12. The van der Waals surface area contributed by atoms with Crippen LogP contribution in [0.4, 0.5) is 16.2 Å². The summed E-state index contributed by atoms with van der Waals surface area (Å²) < 4.78 is 0. The average molecular weight is 297 g/mol. The van der Waals surface area contributed by atoms with Gasteiger partial charge < -0.3 is 10.2 Å². The van der Waals surface area contributed by atoms with Gasteiger partial charge in [-0.3, -0.25) is 10.1 Å². The van der Waals surface area contributed by atoms with Crippen LogP contribution in [0.2, 0.25) is 0 Å². The number of anilines is 1. The van der Waals surface area contributed by atoms with Crippen molar-refractivity contribution in [2.24, 2.45) is 0 Å². The summed E-state index contributed by atoms with van der Waals surface area (Å²) >= 11 is 1.66. The predicted molar refractivity (Wildman–Crippen MR) is 82.5 cm³/mol. The van der Waals surface area contributed by atoms with E-state index in [4.69, 9.17) is 0 Å². The Hall–Kier alpha value is -1.76. The SMILES string of the molecule is CSC[C@H](C)N(C)C(=O)Nc1cc([N+](=O)[O-])ccc1C. The van der Waals surface area contributed by atoms with Crippen molar-refractivity contribution in [1.82, 2.24) is 4.90 Å². The number of nitrogens with zero attached hydrogens (tertiary/aromatic N) is 2. The second-order valence-electron chi connectivity index (χ2n) is 4.60. The zero-order valence-electron chi connectivity index (χ0n) is 12.0. The fourth-order valence-corrected chi connectivity index (χ4v) is 2.32. The van der Waals surface area contributed by atoms with Crippen molar-refractivity contribution in [1.29, 1.82) is 0 Å². The van der Waals surface area contributed by atoms with E-state index in [-0.39, 0.29) is 17.8 Å². The summed E-state index contributed by atoms with van der Waals surface area (Å²) in [5, 5.41) is 13.5. The van der Waals surface area contributed by atoms with Gasteiger partial charge in [-0.2, -0.15) is 11.8 Å². The van der Waals surface area contributed by atoms with Crippen LogP contribution in [-0.2, 0) is 0 Å². The van der Waals surface area contributed by atoms with Crippen LogP contribution in [0.5, 0.6) is 0 Å². The van der Waals surface area contributed by atoms with Crippen LogP contribution in [0, 0.1) is 17.0 Å². The van der Waals surface area contributed by atoms with Crippen molar-refractivity contribution in [2.45, 2.75) is 19.9 Å². The van der Waals surface area contributed by atoms with E-state index in [1.165, 1.54) is 12.1 Å². The molecule has 7 heteroatoms. The standard InChI is InChI=1S/C13H19N3O3S/c1-9-5-6-11(16(18)19)7-12(9)14-13(17)15(3)10(2)8-20-4/h5-7,10H,8H2,1-4H3,(H,14,17)/t10-/m0/s1. The molecule has 1 aromatic rings. The first-order valence-corrected chi connectivity index (χ1v) is 7.54. The summed E-state index contributed by atoms with van der Waals surface area (Å²) in [5.74, 6) is 0.831. The lowest BCUT2D eigenvalue weighted by Gasteiger charge is -2.24. The second kappa shape index (κ2) is 7.14. The van der Waals surface area contributed by atoms with Gasteiger partial charge in [0.05, 0.1) is 10.6 Å². The third kappa shape index (κ3) is 4.12. The molecule has 0 radical (unpaired) electrons. The van der Waals surface area contributed by atoms with Gasteiger partial charge in [-0.15, -0.1) is 0 Å². The van der Waals surface area contributed by atoms with Crippen LogP contribution in [0.15, 0.2) is 18.2 Å². The number of nitrogens with one attached hydrogen (secondary N) is 1. The Morgan fingerprint density at radius 3 is 2.75 bits per heavy atom. The monoisotopic (exact) mass is 297 g/mol. The lowest BCUT2D eigenvalue weighted by atomic mass is 10.2. The first kappa shape index (κ1) is 16.3. The molecule has 0 aliphatic heterocycles. The van der Waals surface area contributed by atoms with E-state index in [0.717, 1.165) is 11.3 Å². The molecule has 0 unspecified atom stereocenters. The number of hydrogen-bond acceptors (Lipinski definition) is 4. The zero-order valence-corrected chi connectivity index (χ0v) is 12.9. The van der Waals surface area contributed by atoms with E-state index in [2.05, 4.69) is 5.32 Å². The lowest BCUT2D eigenvalue weighted by molar-refractivity contribution is -0.384. The van der Waals surface area contributed by atoms with Gasteiger partial charge in [-0.25, -0.2) is 4.79 Å². The molecule has 20 heavy (non-hydrogen) atoms. The van der Waals surface area contributed by atoms with Gasteiger partial charge in [-0.1, -0.05) is 6.07 Å². The van der Waals surface area contributed by atoms with Crippen molar-refractivity contribution >= 4 is 29.2 Å². The van der Waals surface area contributed by atoms with Gasteiger partial charge in [-0.05, 0) is 25.7 Å². The van der Waals surface area contributed by atoms with Crippen LogP contribution < -0.4 is 5.32 Å². The molecule has 1 rings (SSSR count). The minimum absolute atomic E-state index is 0.0364. The smallest absolute Gasteiger partial charge is 0.321 e. The van der Waals surface area contributed by atoms with E-state index in [0.29, 0.717) is 5.69 Å². The van der Waals surface area contributed by atoms with Gasteiger partial charge in [0.1, 0.15) is 0 Å². The van der Waals surface area contributed by atoms with Gasteiger partial charge in [0.2, 0.25) is 0 Å². The van der Waals surface area contributed by atoms with Crippen LogP contribution in [0.1, 0.15) is 12.5 Å². The largest absolute Gasteiger partial charge is 0.324 e. The van der Waals surface area contributed by atoms with Crippen molar-refractivity contribution in [3.8, 4) is 0 Å². The van der Waals surface area contributed by atoms with Gasteiger partial charge >= 0.3 is 6.03 Å². The molecular formula is C13H19N3O3S. The second-order valence-corrected chi connectivity index (χ2v) is 5.51. The summed E-state index contributed by atoms with van der Waals surface area (Å²) in [4.78, 5) is 24.0. The molecule has 0 fully saturated rings. The number of carbonyl (C=O) groups excluding carboxylic acids is 1. The van der Waals surface area contributed by atoms with Crippen LogP contribution >= 0.6 is 11.8 Å². The highest BCUT2D eigenvalue weighted by Crippen LogP contribution is 2.22. The molecule has 6 nitrogen and oxygen atoms in total. The molecule has 0 aliphatic carbocycles. The number of rotatable bonds is 5. The Labute approximate surface area is 122 Å². The maximum Gasteiger partial charge on any atom is 0.321 e. The minimum Gasteiger partial charge on any atom is -0.324 e. The number of non-ortho nitro benzene ring substituents is 1. The Balaban J connectivity index is 2.84. The summed E-state index contributed by atoms with van der Waals surface area (Å²) in [7, 11) is 1.71. The number of nitro groups is 1. The molecule has 0 aliphatic rings. The van der Waals surface area contributed by atoms with Crippen LogP contribution in [-0.4, -0.2) is 41.0 Å². The minimum atomic E-state index is -0.477. The normalized spacial score (nSPS) is 11.8. The summed E-state index contributed by atoms with van der Waals surface area (Å²) in [6.07, 6.45) is 1.98. The van der Waals surface area contributed by atoms with Crippen molar-refractivity contribution < 1.29 is 9.72 Å². The van der Waals surface area contributed by atoms with Crippen LogP contribution in [0.25, 0.3) is 0 Å². The van der Waals surface area contributed by atoms with Gasteiger partial charge in [0, 0.05) is 31.0 Å². The first-order chi connectivity index (χ1) is 9.36. The number of thioether (sulfide) groups is 1. The Morgan fingerprint density at radius 2 is 2.20 bits per heavy atom. The van der Waals surface area contributed by atoms with E-state index < -0.39 is 4.92 Å². The van der Waals surface area contributed by atoms with Crippen molar-refractivity contribution in [2.75, 3.05) is 24.4 Å². The Bertz CT molecular complexity index is 508. The van der Waals surface area contributed by atoms with Crippen molar-refractivity contribution in [3.63, 3.8) is 0 Å². The summed E-state index contributed by atoms with van der Waals surface area (Å²) in [5.41, 5.74) is 1.22. The number of hydrogen-bond donors (Lipinski definition) is 1. The van der Waals surface area contributed by atoms with E-state index in [9.17, 15) is 14.9 Å². The Morgan fingerprint density at radius 1 is 1.55 bits per heavy atom. The van der Waals surface area contributed by atoms with Crippen molar-refractivity contribution in [3.05, 3.63) is 33.9 Å². The van der Waals surface area contributed by atoms with Crippen LogP contribution in [0.3, 0.4) is 0 Å². The maximum atomic E-state index is 12.1. The number of benzene rings is 1. The van der Waals surface area contributed by atoms with E-state index in [1.807, 2.05) is 13.2 Å².